The molecule has 1 aromatic carbocycles. The smallest absolute Gasteiger partial charge is 0.213 e. The fourth-order valence-corrected chi connectivity index (χ4v) is 1.73. The largest absolute Gasteiger partial charge is 0.444 e. The number of aryl methyl sites for hydroxylation is 2. The molecule has 0 amide bonds. The van der Waals surface area contributed by atoms with Crippen molar-refractivity contribution in [2.45, 2.75) is 20.4 Å². The molecule has 1 N–H and O–H groups in total. The lowest BCUT2D eigenvalue weighted by Crippen LogP contribution is -1.99. The van der Waals surface area contributed by atoms with Crippen molar-refractivity contribution < 1.29 is 4.42 Å². The molecule has 0 atom stereocenters. The minimum atomic E-state index is 0.433. The first kappa shape index (κ1) is 12.5. The number of oxazole rings is 1. The van der Waals surface area contributed by atoms with Crippen molar-refractivity contribution in [1.29, 1.82) is 5.26 Å². The molecule has 0 bridgehead atoms. The Bertz CT molecular complexity index is 594. The predicted molar refractivity (Wildman–Crippen MR) is 69.5 cm³/mol. The van der Waals surface area contributed by atoms with Crippen molar-refractivity contribution in [2.75, 3.05) is 5.32 Å². The van der Waals surface area contributed by atoms with Crippen LogP contribution >= 0.6 is 11.6 Å². The number of hydrogen-bond donors (Lipinski definition) is 1. The fourth-order valence-electron chi connectivity index (χ4n) is 1.51. The summed E-state index contributed by atoms with van der Waals surface area (Å²) in [6, 6.07) is 7.20. The molecule has 0 saturated carbocycles. The number of aromatic nitrogens is 1. The van der Waals surface area contributed by atoms with Gasteiger partial charge in [0.2, 0.25) is 5.89 Å². The van der Waals surface area contributed by atoms with Gasteiger partial charge in [0, 0.05) is 5.69 Å². The maximum atomic E-state index is 8.77. The SMILES string of the molecule is Cc1nc(CNc2ccc(C#N)c(Cl)c2)oc1C. The number of benzene rings is 1. The van der Waals surface area contributed by atoms with Crippen molar-refractivity contribution in [1.82, 2.24) is 4.98 Å². The third-order valence-corrected chi connectivity index (χ3v) is 2.92. The highest BCUT2D eigenvalue weighted by atomic mass is 35.5. The topological polar surface area (TPSA) is 61.9 Å². The Balaban J connectivity index is 2.07. The van der Waals surface area contributed by atoms with Crippen molar-refractivity contribution in [2.24, 2.45) is 0 Å². The Kier molecular flexibility index (Phi) is 3.54. The molecule has 0 aliphatic rings. The third-order valence-electron chi connectivity index (χ3n) is 2.61. The molecule has 4 nitrogen and oxygen atoms in total. The second-order valence-corrected chi connectivity index (χ2v) is 4.32. The molecule has 0 aliphatic heterocycles. The first-order valence-corrected chi connectivity index (χ1v) is 5.84. The summed E-state index contributed by atoms with van der Waals surface area (Å²) >= 11 is 5.94. The highest BCUT2D eigenvalue weighted by Crippen LogP contribution is 2.20. The molecular weight excluding hydrogens is 250 g/mol. The molecule has 2 rings (SSSR count). The van der Waals surface area contributed by atoms with E-state index in [0.29, 0.717) is 23.0 Å². The quantitative estimate of drug-likeness (QED) is 0.919. The van der Waals surface area contributed by atoms with Crippen LogP contribution in [0.1, 0.15) is 22.9 Å². The highest BCUT2D eigenvalue weighted by Gasteiger charge is 2.06. The normalized spacial score (nSPS) is 10.1. The number of halogens is 1. The second-order valence-electron chi connectivity index (χ2n) is 3.91. The van der Waals surface area contributed by atoms with E-state index in [1.165, 1.54) is 0 Å². The molecule has 92 valence electrons. The Morgan fingerprint density at radius 3 is 2.78 bits per heavy atom. The minimum Gasteiger partial charge on any atom is -0.444 e. The van der Waals surface area contributed by atoms with Gasteiger partial charge in [-0.3, -0.25) is 0 Å². The first-order chi connectivity index (χ1) is 8.60. The summed E-state index contributed by atoms with van der Waals surface area (Å²) in [7, 11) is 0. The van der Waals surface area contributed by atoms with Crippen molar-refractivity contribution in [3.05, 3.63) is 46.1 Å². The Hall–Kier alpha value is -1.99. The van der Waals surface area contributed by atoms with Crippen LogP contribution in [-0.2, 0) is 6.54 Å². The van der Waals surface area contributed by atoms with Crippen LogP contribution in [0.4, 0.5) is 5.69 Å². The van der Waals surface area contributed by atoms with E-state index in [1.807, 2.05) is 19.9 Å². The molecule has 2 aromatic rings. The number of anilines is 1. The molecule has 0 fully saturated rings. The molecular formula is C13H12ClN3O. The Morgan fingerprint density at radius 1 is 1.44 bits per heavy atom. The van der Waals surface area contributed by atoms with Gasteiger partial charge in [-0.25, -0.2) is 4.98 Å². The van der Waals surface area contributed by atoms with Crippen LogP contribution in [0.15, 0.2) is 22.6 Å². The predicted octanol–water partition coefficient (Wildman–Crippen LogP) is 3.43. The van der Waals surface area contributed by atoms with Crippen LogP contribution in [0.5, 0.6) is 0 Å². The van der Waals surface area contributed by atoms with E-state index in [1.54, 1.807) is 18.2 Å². The Labute approximate surface area is 110 Å². The first-order valence-electron chi connectivity index (χ1n) is 5.46. The molecule has 1 aromatic heterocycles. The van der Waals surface area contributed by atoms with Crippen LogP contribution in [-0.4, -0.2) is 4.98 Å². The Morgan fingerprint density at radius 2 is 2.22 bits per heavy atom. The summed E-state index contributed by atoms with van der Waals surface area (Å²) in [5.74, 6) is 1.45. The number of nitrogens with zero attached hydrogens (tertiary/aromatic N) is 2. The minimum absolute atomic E-state index is 0.433. The monoisotopic (exact) mass is 261 g/mol. The van der Waals surface area contributed by atoms with E-state index in [0.717, 1.165) is 17.1 Å². The van der Waals surface area contributed by atoms with Crippen molar-refractivity contribution in [3.63, 3.8) is 0 Å². The van der Waals surface area contributed by atoms with Gasteiger partial charge in [-0.15, -0.1) is 0 Å². The van der Waals surface area contributed by atoms with Gasteiger partial charge in [-0.2, -0.15) is 5.26 Å². The van der Waals surface area contributed by atoms with E-state index in [9.17, 15) is 0 Å². The molecule has 0 spiro atoms. The molecule has 0 aliphatic carbocycles. The zero-order valence-electron chi connectivity index (χ0n) is 10.1. The van der Waals surface area contributed by atoms with Gasteiger partial charge in [0.15, 0.2) is 0 Å². The summed E-state index contributed by atoms with van der Waals surface area (Å²) in [6.07, 6.45) is 0. The number of nitrogens with one attached hydrogen (secondary N) is 1. The molecule has 18 heavy (non-hydrogen) atoms. The van der Waals surface area contributed by atoms with Crippen molar-refractivity contribution in [3.8, 4) is 6.07 Å². The van der Waals surface area contributed by atoms with Gasteiger partial charge in [0.25, 0.3) is 0 Å². The summed E-state index contributed by atoms with van der Waals surface area (Å²) < 4.78 is 5.45. The zero-order chi connectivity index (χ0) is 13.1. The summed E-state index contributed by atoms with van der Waals surface area (Å²) in [4.78, 5) is 4.27. The van der Waals surface area contributed by atoms with E-state index in [4.69, 9.17) is 21.3 Å². The zero-order valence-corrected chi connectivity index (χ0v) is 10.9. The standard InChI is InChI=1S/C13H12ClN3O/c1-8-9(2)18-13(17-8)7-16-11-4-3-10(6-15)12(14)5-11/h3-5,16H,7H2,1-2H3. The van der Waals surface area contributed by atoms with E-state index >= 15 is 0 Å². The van der Waals surface area contributed by atoms with Gasteiger partial charge >= 0.3 is 0 Å². The van der Waals surface area contributed by atoms with Crippen LogP contribution in [0.3, 0.4) is 0 Å². The van der Waals surface area contributed by atoms with Gasteiger partial charge in [-0.1, -0.05) is 11.6 Å². The lowest BCUT2D eigenvalue weighted by atomic mass is 10.2. The van der Waals surface area contributed by atoms with E-state index in [-0.39, 0.29) is 0 Å². The maximum absolute atomic E-state index is 8.77. The van der Waals surface area contributed by atoms with E-state index in [2.05, 4.69) is 10.3 Å². The van der Waals surface area contributed by atoms with Crippen LogP contribution in [0, 0.1) is 25.2 Å². The van der Waals surface area contributed by atoms with E-state index < -0.39 is 0 Å². The van der Waals surface area contributed by atoms with Crippen LogP contribution < -0.4 is 5.32 Å². The van der Waals surface area contributed by atoms with Gasteiger partial charge in [0.1, 0.15) is 11.8 Å². The van der Waals surface area contributed by atoms with Gasteiger partial charge in [-0.05, 0) is 32.0 Å². The highest BCUT2D eigenvalue weighted by molar-refractivity contribution is 6.32. The summed E-state index contributed by atoms with van der Waals surface area (Å²) in [6.45, 7) is 4.27. The fraction of sp³-hybridized carbons (Fsp3) is 0.231. The van der Waals surface area contributed by atoms with Gasteiger partial charge in [0.05, 0.1) is 22.8 Å². The molecule has 0 unspecified atom stereocenters. The van der Waals surface area contributed by atoms with Crippen LogP contribution in [0.2, 0.25) is 5.02 Å². The lowest BCUT2D eigenvalue weighted by Gasteiger charge is -2.04. The van der Waals surface area contributed by atoms with Gasteiger partial charge < -0.3 is 9.73 Å². The molecule has 0 saturated heterocycles. The maximum Gasteiger partial charge on any atom is 0.213 e. The number of nitriles is 1. The summed E-state index contributed by atoms with van der Waals surface area (Å²) in [5.41, 5.74) is 2.18. The molecule has 0 radical (unpaired) electrons. The third kappa shape index (κ3) is 2.63. The van der Waals surface area contributed by atoms with Crippen molar-refractivity contribution >= 4 is 17.3 Å². The second kappa shape index (κ2) is 5.11. The average Bonchev–Trinajstić information content (AvgIpc) is 2.66. The number of rotatable bonds is 3. The van der Waals surface area contributed by atoms with Crippen LogP contribution in [0.25, 0.3) is 0 Å². The number of hydrogen-bond acceptors (Lipinski definition) is 4. The summed E-state index contributed by atoms with van der Waals surface area (Å²) in [5, 5.41) is 12.3. The lowest BCUT2D eigenvalue weighted by molar-refractivity contribution is 0.478. The average molecular weight is 262 g/mol. The molecule has 1 heterocycles. The molecule has 5 heteroatoms.